The van der Waals surface area contributed by atoms with Gasteiger partial charge in [0.15, 0.2) is 0 Å². The van der Waals surface area contributed by atoms with E-state index in [1.54, 1.807) is 0 Å². The Morgan fingerprint density at radius 2 is 1.27 bits per heavy atom. The molecule has 3 nitrogen and oxygen atoms in total. The first kappa shape index (κ1) is 20.8. The molecule has 1 heterocycles. The summed E-state index contributed by atoms with van der Waals surface area (Å²) in [5, 5.41) is 0. The summed E-state index contributed by atoms with van der Waals surface area (Å²) in [6, 6.07) is 31.3. The molecule has 0 aromatic heterocycles. The van der Waals surface area contributed by atoms with Crippen molar-refractivity contribution in [3.63, 3.8) is 0 Å². The Balaban J connectivity index is 1.41. The maximum Gasteiger partial charge on any atom is 0.107 e. The predicted molar refractivity (Wildman–Crippen MR) is 119 cm³/mol. The number of ether oxygens (including phenoxy) is 3. The molecule has 0 saturated carbocycles. The second-order valence-corrected chi connectivity index (χ2v) is 7.91. The molecule has 1 saturated heterocycles. The highest BCUT2D eigenvalue weighted by Gasteiger charge is 2.35. The van der Waals surface area contributed by atoms with Gasteiger partial charge in [0.05, 0.1) is 25.9 Å². The lowest BCUT2D eigenvalue weighted by atomic mass is 9.86. The molecular weight excluding hydrogens is 372 g/mol. The van der Waals surface area contributed by atoms with E-state index in [-0.39, 0.29) is 12.2 Å². The smallest absolute Gasteiger partial charge is 0.107 e. The molecule has 3 heteroatoms. The third kappa shape index (κ3) is 6.02. The zero-order chi connectivity index (χ0) is 20.4. The van der Waals surface area contributed by atoms with Crippen molar-refractivity contribution in [3.05, 3.63) is 108 Å². The molecule has 4 rings (SSSR count). The summed E-state index contributed by atoms with van der Waals surface area (Å²) < 4.78 is 18.6. The maximum absolute atomic E-state index is 6.46. The highest BCUT2D eigenvalue weighted by atomic mass is 16.6. The summed E-state index contributed by atoms with van der Waals surface area (Å²) in [6.45, 7) is 2.48. The van der Waals surface area contributed by atoms with Crippen LogP contribution in [-0.4, -0.2) is 25.4 Å². The van der Waals surface area contributed by atoms with Gasteiger partial charge in [0.2, 0.25) is 0 Å². The summed E-state index contributed by atoms with van der Waals surface area (Å²) in [7, 11) is 0. The van der Waals surface area contributed by atoms with E-state index in [0.717, 1.165) is 19.4 Å². The van der Waals surface area contributed by atoms with Crippen molar-refractivity contribution in [2.75, 3.05) is 13.2 Å². The first-order chi connectivity index (χ1) is 14.9. The summed E-state index contributed by atoms with van der Waals surface area (Å²) in [5.74, 6) is 0.412. The van der Waals surface area contributed by atoms with Gasteiger partial charge in [-0.3, -0.25) is 0 Å². The van der Waals surface area contributed by atoms with Crippen molar-refractivity contribution in [2.24, 2.45) is 5.92 Å². The number of hydrogen-bond acceptors (Lipinski definition) is 3. The standard InChI is InChI=1S/C27H30O3/c1-4-10-22(11-5-1)18-25-16-17-29-26(21-28-19-23-12-6-2-7-13-23)27(25)30-20-24-14-8-3-9-15-24/h1-15,25-27H,16-21H2. The minimum absolute atomic E-state index is 0.00920. The first-order valence-electron chi connectivity index (χ1n) is 10.8. The zero-order valence-corrected chi connectivity index (χ0v) is 17.4. The number of rotatable bonds is 9. The van der Waals surface area contributed by atoms with Crippen LogP contribution < -0.4 is 0 Å². The van der Waals surface area contributed by atoms with Gasteiger partial charge in [-0.2, -0.15) is 0 Å². The second kappa shape index (κ2) is 11.1. The SMILES string of the molecule is c1ccc(COCC2OCCC(Cc3ccccc3)C2OCc2ccccc2)cc1. The van der Waals surface area contributed by atoms with Gasteiger partial charge in [-0.15, -0.1) is 0 Å². The van der Waals surface area contributed by atoms with Gasteiger partial charge in [-0.05, 0) is 35.4 Å². The average molecular weight is 403 g/mol. The number of hydrogen-bond donors (Lipinski definition) is 0. The fraction of sp³-hybridized carbons (Fsp3) is 0.333. The Kier molecular flexibility index (Phi) is 7.68. The lowest BCUT2D eigenvalue weighted by molar-refractivity contribution is -0.161. The molecule has 1 aliphatic heterocycles. The summed E-state index contributed by atoms with van der Waals surface area (Å²) in [4.78, 5) is 0. The maximum atomic E-state index is 6.46. The van der Waals surface area contributed by atoms with Crippen molar-refractivity contribution < 1.29 is 14.2 Å². The van der Waals surface area contributed by atoms with Crippen molar-refractivity contribution in [2.45, 2.75) is 38.3 Å². The predicted octanol–water partition coefficient (Wildman–Crippen LogP) is 5.44. The normalized spacial score (nSPS) is 21.4. The quantitative estimate of drug-likeness (QED) is 0.477. The monoisotopic (exact) mass is 402 g/mol. The van der Waals surface area contributed by atoms with E-state index in [4.69, 9.17) is 14.2 Å². The van der Waals surface area contributed by atoms with Crippen LogP contribution in [-0.2, 0) is 33.8 Å². The molecule has 3 atom stereocenters. The Morgan fingerprint density at radius 1 is 0.700 bits per heavy atom. The Bertz CT molecular complexity index is 851. The van der Waals surface area contributed by atoms with Crippen LogP contribution >= 0.6 is 0 Å². The van der Waals surface area contributed by atoms with Crippen LogP contribution in [0.1, 0.15) is 23.1 Å². The van der Waals surface area contributed by atoms with E-state index in [1.807, 2.05) is 24.3 Å². The second-order valence-electron chi connectivity index (χ2n) is 7.91. The third-order valence-electron chi connectivity index (χ3n) is 5.67. The third-order valence-corrected chi connectivity index (χ3v) is 5.67. The molecule has 30 heavy (non-hydrogen) atoms. The topological polar surface area (TPSA) is 27.7 Å². The molecule has 1 fully saturated rings. The molecule has 3 aromatic carbocycles. The van der Waals surface area contributed by atoms with Gasteiger partial charge in [0, 0.05) is 6.61 Å². The molecule has 3 aromatic rings. The average Bonchev–Trinajstić information content (AvgIpc) is 2.81. The van der Waals surface area contributed by atoms with E-state index in [0.29, 0.717) is 25.7 Å². The van der Waals surface area contributed by atoms with Crippen molar-refractivity contribution in [1.82, 2.24) is 0 Å². The van der Waals surface area contributed by atoms with Gasteiger partial charge in [-0.25, -0.2) is 0 Å². The van der Waals surface area contributed by atoms with E-state index < -0.39 is 0 Å². The van der Waals surface area contributed by atoms with Gasteiger partial charge in [0.25, 0.3) is 0 Å². The summed E-state index contributed by atoms with van der Waals surface area (Å²) in [5.41, 5.74) is 3.71. The van der Waals surface area contributed by atoms with Crippen LogP contribution in [0.4, 0.5) is 0 Å². The van der Waals surface area contributed by atoms with E-state index >= 15 is 0 Å². The zero-order valence-electron chi connectivity index (χ0n) is 17.4. The number of benzene rings is 3. The molecule has 0 N–H and O–H groups in total. The highest BCUT2D eigenvalue weighted by Crippen LogP contribution is 2.28. The lowest BCUT2D eigenvalue weighted by Gasteiger charge is -2.38. The molecule has 0 radical (unpaired) electrons. The summed E-state index contributed by atoms with van der Waals surface area (Å²) in [6.07, 6.45) is 1.96. The molecule has 3 unspecified atom stereocenters. The van der Waals surface area contributed by atoms with E-state index in [9.17, 15) is 0 Å². The largest absolute Gasteiger partial charge is 0.374 e. The van der Waals surface area contributed by atoms with E-state index in [1.165, 1.54) is 16.7 Å². The van der Waals surface area contributed by atoms with Crippen LogP contribution in [0.15, 0.2) is 91.0 Å². The Labute approximate surface area is 179 Å². The molecule has 1 aliphatic rings. The molecule has 156 valence electrons. The van der Waals surface area contributed by atoms with Gasteiger partial charge < -0.3 is 14.2 Å². The lowest BCUT2D eigenvalue weighted by Crippen LogP contribution is -2.46. The minimum atomic E-state index is -0.0557. The Morgan fingerprint density at radius 3 is 1.90 bits per heavy atom. The van der Waals surface area contributed by atoms with Crippen LogP contribution in [0.5, 0.6) is 0 Å². The van der Waals surface area contributed by atoms with Crippen LogP contribution in [0.3, 0.4) is 0 Å². The minimum Gasteiger partial charge on any atom is -0.374 e. The van der Waals surface area contributed by atoms with Gasteiger partial charge in [-0.1, -0.05) is 91.0 Å². The summed E-state index contributed by atoms with van der Waals surface area (Å²) >= 11 is 0. The van der Waals surface area contributed by atoms with E-state index in [2.05, 4.69) is 66.7 Å². The van der Waals surface area contributed by atoms with Crippen molar-refractivity contribution in [1.29, 1.82) is 0 Å². The van der Waals surface area contributed by atoms with Crippen molar-refractivity contribution >= 4 is 0 Å². The molecule has 0 amide bonds. The van der Waals surface area contributed by atoms with Crippen LogP contribution in [0.25, 0.3) is 0 Å². The van der Waals surface area contributed by atoms with Gasteiger partial charge >= 0.3 is 0 Å². The first-order valence-corrected chi connectivity index (χ1v) is 10.8. The highest BCUT2D eigenvalue weighted by molar-refractivity contribution is 5.17. The fourth-order valence-corrected chi connectivity index (χ4v) is 4.09. The van der Waals surface area contributed by atoms with Gasteiger partial charge in [0.1, 0.15) is 6.10 Å². The molecular formula is C27H30O3. The van der Waals surface area contributed by atoms with Crippen molar-refractivity contribution in [3.8, 4) is 0 Å². The van der Waals surface area contributed by atoms with Crippen LogP contribution in [0.2, 0.25) is 0 Å². The molecule has 0 bridgehead atoms. The molecule has 0 aliphatic carbocycles. The molecule has 0 spiro atoms. The van der Waals surface area contributed by atoms with Crippen LogP contribution in [0, 0.1) is 5.92 Å². The fourth-order valence-electron chi connectivity index (χ4n) is 4.09. The Hall–Kier alpha value is -2.46.